The van der Waals surface area contributed by atoms with Crippen molar-refractivity contribution in [3.05, 3.63) is 0 Å². The summed E-state index contributed by atoms with van der Waals surface area (Å²) in [7, 11) is -10.8. The van der Waals surface area contributed by atoms with Crippen LogP contribution in [0, 0.1) is 0 Å². The van der Waals surface area contributed by atoms with E-state index in [1.54, 1.807) is 0 Å². The van der Waals surface area contributed by atoms with Gasteiger partial charge >= 0.3 is 0 Å². The van der Waals surface area contributed by atoms with Crippen molar-refractivity contribution >= 4 is 15.6 Å². The van der Waals surface area contributed by atoms with E-state index in [0.29, 0.717) is 0 Å². The first-order chi connectivity index (χ1) is 4.00. The molecule has 0 aromatic carbocycles. The van der Waals surface area contributed by atoms with Crippen molar-refractivity contribution < 1.29 is 88.8 Å². The topological polar surface area (TPSA) is 172 Å². The van der Waals surface area contributed by atoms with Gasteiger partial charge in [0.2, 0.25) is 0 Å². The van der Waals surface area contributed by atoms with Crippen LogP contribution in [-0.2, 0) is 59.5 Å². The Kier molecular flexibility index (Phi) is 26.7. The maximum absolute atomic E-state index is 8.55. The number of rotatable bonds is 0. The fourth-order valence-electron chi connectivity index (χ4n) is 0. The van der Waals surface area contributed by atoms with E-state index in [0.717, 1.165) is 0 Å². The number of hydrogen-bond donors (Lipinski definition) is 0. The van der Waals surface area contributed by atoms with Gasteiger partial charge in [-0.25, -0.2) is 0 Å². The fourth-order valence-corrected chi connectivity index (χ4v) is 0. The quantitative estimate of drug-likeness (QED) is 0.381. The van der Waals surface area contributed by atoms with Crippen molar-refractivity contribution in [1.82, 2.24) is 0 Å². The van der Waals surface area contributed by atoms with Gasteiger partial charge in [0.05, 0.1) is 0 Å². The fraction of sp³-hybridized carbons (Fsp3) is 0. The van der Waals surface area contributed by atoms with Crippen LogP contribution in [0.5, 0.6) is 0 Å². The normalized spacial score (nSPS) is 9.08. The second kappa shape index (κ2) is 11.8. The zero-order valence-corrected chi connectivity index (χ0v) is 10.1. The molecule has 0 atom stereocenters. The molecule has 0 bridgehead atoms. The standard InChI is InChI=1S/3Co.2H3O4P/c;;;2*1-5(2,3)4/h;;;2*(H3,1,2,3,4)/p-6. The second-order valence-electron chi connectivity index (χ2n) is 0.894. The van der Waals surface area contributed by atoms with Crippen LogP contribution in [0.3, 0.4) is 0 Å². The molecule has 0 saturated carbocycles. The third-order valence-corrected chi connectivity index (χ3v) is 0. The Hall–Kier alpha value is 1.74. The van der Waals surface area contributed by atoms with E-state index in [-0.39, 0.29) is 50.3 Å². The summed E-state index contributed by atoms with van der Waals surface area (Å²) in [6.07, 6.45) is 0. The van der Waals surface area contributed by atoms with E-state index in [4.69, 9.17) is 38.5 Å². The van der Waals surface area contributed by atoms with Gasteiger partial charge in [0.25, 0.3) is 0 Å². The van der Waals surface area contributed by atoms with Crippen LogP contribution >= 0.6 is 15.6 Å². The first-order valence-electron chi connectivity index (χ1n) is 1.46. The summed E-state index contributed by atoms with van der Waals surface area (Å²) in [5.74, 6) is 0. The predicted molar refractivity (Wildman–Crippen MR) is 15.2 cm³/mol. The van der Waals surface area contributed by atoms with Crippen molar-refractivity contribution in [3.8, 4) is 0 Å². The van der Waals surface area contributed by atoms with Crippen molar-refractivity contribution in [1.29, 1.82) is 0 Å². The van der Waals surface area contributed by atoms with E-state index in [1.807, 2.05) is 0 Å². The molecule has 13 heteroatoms. The van der Waals surface area contributed by atoms with E-state index in [9.17, 15) is 0 Å². The molecule has 0 unspecified atom stereocenters. The Bertz CT molecular complexity index is 130. The Balaban J connectivity index is -0.0000000267. The molecular formula is Co3O8P2-6. The average molecular weight is 367 g/mol. The van der Waals surface area contributed by atoms with E-state index in [1.165, 1.54) is 0 Å². The summed E-state index contributed by atoms with van der Waals surface area (Å²) in [5, 5.41) is 0. The molecule has 0 N–H and O–H groups in total. The van der Waals surface area contributed by atoms with E-state index < -0.39 is 15.6 Å². The average Bonchev–Trinajstić information content (AvgIpc) is 1.12. The van der Waals surface area contributed by atoms with Crippen LogP contribution in [0.15, 0.2) is 0 Å². The third-order valence-electron chi connectivity index (χ3n) is 0. The summed E-state index contributed by atoms with van der Waals surface area (Å²) in [5.41, 5.74) is 0. The van der Waals surface area contributed by atoms with E-state index >= 15 is 0 Å². The molecule has 0 aliphatic heterocycles. The molecule has 0 amide bonds. The predicted octanol–water partition coefficient (Wildman–Crippen LogP) is -5.66. The SMILES string of the molecule is O=P([O-])([O-])[O-].O=P([O-])([O-])[O-].[Co].[Co].[Co]. The minimum Gasteiger partial charge on any atom is -0.822 e. The molecule has 0 rings (SSSR count). The van der Waals surface area contributed by atoms with Crippen LogP contribution in [0.25, 0.3) is 0 Å². The molecule has 0 aliphatic carbocycles. The zero-order chi connectivity index (χ0) is 9.00. The van der Waals surface area contributed by atoms with Crippen molar-refractivity contribution in [2.24, 2.45) is 0 Å². The molecule has 91 valence electrons. The summed E-state index contributed by atoms with van der Waals surface area (Å²) < 4.78 is 17.1. The van der Waals surface area contributed by atoms with Crippen molar-refractivity contribution in [3.63, 3.8) is 0 Å². The molecule has 13 heavy (non-hydrogen) atoms. The van der Waals surface area contributed by atoms with Gasteiger partial charge in [-0.2, -0.15) is 15.6 Å². The summed E-state index contributed by atoms with van der Waals surface area (Å²) >= 11 is 0. The molecular weight excluding hydrogens is 367 g/mol. The van der Waals surface area contributed by atoms with Crippen molar-refractivity contribution in [2.75, 3.05) is 0 Å². The number of hydrogen-bond acceptors (Lipinski definition) is 8. The smallest absolute Gasteiger partial charge is 0 e. The molecule has 0 spiro atoms. The molecule has 0 saturated heterocycles. The Morgan fingerprint density at radius 2 is 0.538 bits per heavy atom. The van der Waals surface area contributed by atoms with Crippen LogP contribution in [-0.4, -0.2) is 0 Å². The van der Waals surface area contributed by atoms with Crippen LogP contribution in [0.1, 0.15) is 0 Å². The Morgan fingerprint density at radius 1 is 0.538 bits per heavy atom. The van der Waals surface area contributed by atoms with Gasteiger partial charge in [-0.15, -0.1) is 0 Å². The largest absolute Gasteiger partial charge is 0.822 e. The van der Waals surface area contributed by atoms with Gasteiger partial charge in [-0.3, -0.25) is 0 Å². The zero-order valence-electron chi connectivity index (χ0n) is 5.16. The summed E-state index contributed by atoms with van der Waals surface area (Å²) in [6, 6.07) is 0. The van der Waals surface area contributed by atoms with Crippen LogP contribution in [0.4, 0.5) is 0 Å². The molecule has 0 heterocycles. The van der Waals surface area contributed by atoms with Crippen LogP contribution < -0.4 is 29.4 Å². The molecule has 8 nitrogen and oxygen atoms in total. The molecule has 0 aromatic heterocycles. The van der Waals surface area contributed by atoms with Gasteiger partial charge in [0.1, 0.15) is 0 Å². The maximum atomic E-state index is 8.55. The summed E-state index contributed by atoms with van der Waals surface area (Å²) in [4.78, 5) is 51.3. The van der Waals surface area contributed by atoms with Crippen LogP contribution in [0.2, 0.25) is 0 Å². The Labute approximate surface area is 104 Å². The minimum atomic E-state index is -5.39. The van der Waals surface area contributed by atoms with Gasteiger partial charge in [0.15, 0.2) is 0 Å². The number of phosphoric acid groups is 2. The maximum Gasteiger partial charge on any atom is 0 e. The minimum absolute atomic E-state index is 0. The van der Waals surface area contributed by atoms with Gasteiger partial charge in [0, 0.05) is 50.3 Å². The first-order valence-corrected chi connectivity index (χ1v) is 4.38. The Morgan fingerprint density at radius 3 is 0.538 bits per heavy atom. The second-order valence-corrected chi connectivity index (χ2v) is 2.68. The van der Waals surface area contributed by atoms with E-state index in [2.05, 4.69) is 0 Å². The molecule has 3 radical (unpaired) electrons. The molecule has 0 aromatic rings. The molecule has 0 fully saturated rings. The molecule has 0 aliphatic rings. The van der Waals surface area contributed by atoms with Gasteiger partial charge in [-0.1, -0.05) is 0 Å². The third kappa shape index (κ3) is 626. The summed E-state index contributed by atoms with van der Waals surface area (Å²) in [6.45, 7) is 0. The van der Waals surface area contributed by atoms with Gasteiger partial charge < -0.3 is 38.5 Å². The van der Waals surface area contributed by atoms with Crippen molar-refractivity contribution in [2.45, 2.75) is 0 Å². The van der Waals surface area contributed by atoms with Gasteiger partial charge in [-0.05, 0) is 0 Å². The monoisotopic (exact) mass is 367 g/mol. The first kappa shape index (κ1) is 29.3.